The minimum Gasteiger partial charge on any atom is -0.330 e. The fraction of sp³-hybridized carbons (Fsp3) is 0.500. The van der Waals surface area contributed by atoms with E-state index in [4.69, 9.17) is 5.73 Å². The number of anilines is 1. The molecule has 0 saturated carbocycles. The number of carbonyl (C=O) groups is 1. The Morgan fingerprint density at radius 3 is 2.55 bits per heavy atom. The highest BCUT2D eigenvalue weighted by Crippen LogP contribution is 2.33. The van der Waals surface area contributed by atoms with Crippen molar-refractivity contribution < 1.29 is 18.0 Å². The van der Waals surface area contributed by atoms with Gasteiger partial charge in [0.1, 0.15) is 0 Å². The van der Waals surface area contributed by atoms with Crippen molar-refractivity contribution in [3.63, 3.8) is 0 Å². The molecule has 6 heteroatoms. The number of nitrogens with two attached hydrogens (primary N) is 1. The van der Waals surface area contributed by atoms with Gasteiger partial charge in [0, 0.05) is 12.2 Å². The van der Waals surface area contributed by atoms with E-state index in [0.29, 0.717) is 6.42 Å². The molecule has 0 bridgehead atoms. The van der Waals surface area contributed by atoms with Gasteiger partial charge < -0.3 is 11.1 Å². The molecule has 0 spiro atoms. The average Bonchev–Trinajstić information content (AvgIpc) is 2.36. The fourth-order valence-corrected chi connectivity index (χ4v) is 1.95. The average molecular weight is 288 g/mol. The number of halogens is 3. The van der Waals surface area contributed by atoms with Crippen molar-refractivity contribution in [3.05, 3.63) is 29.3 Å². The van der Waals surface area contributed by atoms with Crippen LogP contribution in [0.2, 0.25) is 0 Å². The van der Waals surface area contributed by atoms with E-state index in [1.165, 1.54) is 19.1 Å². The number of hydrogen-bond acceptors (Lipinski definition) is 2. The summed E-state index contributed by atoms with van der Waals surface area (Å²) in [5.74, 6) is -0.720. The molecular formula is C14H19F3N2O. The topological polar surface area (TPSA) is 55.1 Å². The van der Waals surface area contributed by atoms with E-state index < -0.39 is 11.7 Å². The lowest BCUT2D eigenvalue weighted by Crippen LogP contribution is -2.29. The molecule has 0 aliphatic rings. The van der Waals surface area contributed by atoms with E-state index in [1.54, 1.807) is 0 Å². The highest BCUT2D eigenvalue weighted by atomic mass is 19.4. The molecule has 3 N–H and O–H groups in total. The molecule has 1 atom stereocenters. The number of nitrogens with one attached hydrogen (secondary N) is 1. The summed E-state index contributed by atoms with van der Waals surface area (Å²) >= 11 is 0. The first-order valence-corrected chi connectivity index (χ1v) is 6.48. The Hall–Kier alpha value is -1.56. The van der Waals surface area contributed by atoms with Crippen LogP contribution in [-0.4, -0.2) is 12.5 Å². The van der Waals surface area contributed by atoms with Gasteiger partial charge in [0.2, 0.25) is 5.91 Å². The van der Waals surface area contributed by atoms with E-state index >= 15 is 0 Å². The number of carbonyl (C=O) groups excluding carboxylic acids is 1. The van der Waals surface area contributed by atoms with Gasteiger partial charge in [-0.1, -0.05) is 19.4 Å². The van der Waals surface area contributed by atoms with Crippen molar-refractivity contribution in [3.8, 4) is 0 Å². The molecule has 0 radical (unpaired) electrons. The quantitative estimate of drug-likeness (QED) is 0.873. The Morgan fingerprint density at radius 2 is 2.05 bits per heavy atom. The summed E-state index contributed by atoms with van der Waals surface area (Å²) in [5.41, 5.74) is 5.02. The predicted octanol–water partition coefficient (Wildman–Crippen LogP) is 3.33. The highest BCUT2D eigenvalue weighted by Gasteiger charge is 2.32. The van der Waals surface area contributed by atoms with Crippen LogP contribution in [0.1, 0.15) is 30.9 Å². The molecule has 0 saturated heterocycles. The van der Waals surface area contributed by atoms with Crippen LogP contribution in [0.3, 0.4) is 0 Å². The van der Waals surface area contributed by atoms with Gasteiger partial charge >= 0.3 is 6.18 Å². The van der Waals surface area contributed by atoms with Crippen LogP contribution < -0.4 is 11.1 Å². The molecular weight excluding hydrogens is 269 g/mol. The van der Waals surface area contributed by atoms with Crippen LogP contribution in [0.4, 0.5) is 18.9 Å². The summed E-state index contributed by atoms with van der Waals surface area (Å²) in [6.07, 6.45) is -3.03. The predicted molar refractivity (Wildman–Crippen MR) is 72.3 cm³/mol. The minimum absolute atomic E-state index is 0.124. The number of alkyl halides is 3. The van der Waals surface area contributed by atoms with Crippen LogP contribution in [0, 0.1) is 12.8 Å². The Labute approximate surface area is 116 Å². The van der Waals surface area contributed by atoms with Crippen molar-refractivity contribution in [1.82, 2.24) is 0 Å². The molecule has 20 heavy (non-hydrogen) atoms. The lowest BCUT2D eigenvalue weighted by molar-refractivity contribution is -0.138. The third kappa shape index (κ3) is 4.23. The monoisotopic (exact) mass is 288 g/mol. The first-order chi connectivity index (χ1) is 9.29. The summed E-state index contributed by atoms with van der Waals surface area (Å²) in [6.45, 7) is 3.48. The Balaban J connectivity index is 2.91. The zero-order valence-corrected chi connectivity index (χ0v) is 11.6. The third-order valence-corrected chi connectivity index (χ3v) is 3.10. The van der Waals surface area contributed by atoms with E-state index in [0.717, 1.165) is 12.5 Å². The third-order valence-electron chi connectivity index (χ3n) is 3.10. The summed E-state index contributed by atoms with van der Waals surface area (Å²) in [5, 5.41) is 2.50. The van der Waals surface area contributed by atoms with Gasteiger partial charge in [-0.25, -0.2) is 0 Å². The Bertz CT molecular complexity index is 472. The molecule has 112 valence electrons. The molecule has 1 unspecified atom stereocenters. The molecule has 1 rings (SSSR count). The van der Waals surface area contributed by atoms with Gasteiger partial charge in [0.25, 0.3) is 0 Å². The smallest absolute Gasteiger partial charge is 0.330 e. The molecule has 0 aliphatic carbocycles. The SMILES string of the molecule is CCCC(CN)C(=O)Nc1ccc(C)c(C(F)(F)F)c1. The second kappa shape index (κ2) is 6.74. The molecule has 0 heterocycles. The van der Waals surface area contributed by atoms with Crippen LogP contribution in [0.25, 0.3) is 0 Å². The van der Waals surface area contributed by atoms with E-state index in [1.807, 2.05) is 6.92 Å². The number of benzene rings is 1. The van der Waals surface area contributed by atoms with Gasteiger partial charge in [-0.2, -0.15) is 13.2 Å². The molecule has 0 fully saturated rings. The van der Waals surface area contributed by atoms with Gasteiger partial charge in [0.05, 0.1) is 11.5 Å². The van der Waals surface area contributed by atoms with Crippen molar-refractivity contribution >= 4 is 11.6 Å². The number of amides is 1. The van der Waals surface area contributed by atoms with Crippen LogP contribution in [0.15, 0.2) is 18.2 Å². The first-order valence-electron chi connectivity index (χ1n) is 6.48. The van der Waals surface area contributed by atoms with Crippen molar-refractivity contribution in [2.45, 2.75) is 32.9 Å². The van der Waals surface area contributed by atoms with Gasteiger partial charge in [0.15, 0.2) is 0 Å². The second-order valence-corrected chi connectivity index (χ2v) is 4.74. The minimum atomic E-state index is -4.43. The molecule has 0 aliphatic heterocycles. The molecule has 1 amide bonds. The molecule has 0 aromatic heterocycles. The lowest BCUT2D eigenvalue weighted by atomic mass is 10.0. The maximum atomic E-state index is 12.8. The number of aryl methyl sites for hydroxylation is 1. The number of hydrogen-bond donors (Lipinski definition) is 2. The van der Waals surface area contributed by atoms with Crippen molar-refractivity contribution in [1.29, 1.82) is 0 Å². The maximum absolute atomic E-state index is 12.8. The Morgan fingerprint density at radius 1 is 1.40 bits per heavy atom. The van der Waals surface area contributed by atoms with E-state index in [-0.39, 0.29) is 29.6 Å². The normalized spacial score (nSPS) is 13.1. The van der Waals surface area contributed by atoms with E-state index in [2.05, 4.69) is 5.32 Å². The van der Waals surface area contributed by atoms with Crippen LogP contribution >= 0.6 is 0 Å². The van der Waals surface area contributed by atoms with Crippen molar-refractivity contribution in [2.75, 3.05) is 11.9 Å². The zero-order valence-electron chi connectivity index (χ0n) is 11.6. The van der Waals surface area contributed by atoms with Gasteiger partial charge in [-0.15, -0.1) is 0 Å². The summed E-state index contributed by atoms with van der Waals surface area (Å²) < 4.78 is 38.3. The lowest BCUT2D eigenvalue weighted by Gasteiger charge is -2.16. The Kier molecular flexibility index (Phi) is 5.56. The maximum Gasteiger partial charge on any atom is 0.416 e. The summed E-state index contributed by atoms with van der Waals surface area (Å²) in [4.78, 5) is 11.9. The van der Waals surface area contributed by atoms with Crippen LogP contribution in [0.5, 0.6) is 0 Å². The fourth-order valence-electron chi connectivity index (χ4n) is 1.95. The van der Waals surface area contributed by atoms with Crippen LogP contribution in [-0.2, 0) is 11.0 Å². The second-order valence-electron chi connectivity index (χ2n) is 4.74. The summed E-state index contributed by atoms with van der Waals surface area (Å²) in [6, 6.07) is 3.75. The summed E-state index contributed by atoms with van der Waals surface area (Å²) in [7, 11) is 0. The molecule has 1 aromatic rings. The highest BCUT2D eigenvalue weighted by molar-refractivity contribution is 5.92. The molecule has 1 aromatic carbocycles. The number of rotatable bonds is 5. The molecule has 3 nitrogen and oxygen atoms in total. The van der Waals surface area contributed by atoms with Gasteiger partial charge in [-0.3, -0.25) is 4.79 Å². The largest absolute Gasteiger partial charge is 0.416 e. The van der Waals surface area contributed by atoms with Crippen molar-refractivity contribution in [2.24, 2.45) is 11.7 Å². The zero-order chi connectivity index (χ0) is 15.3. The van der Waals surface area contributed by atoms with Gasteiger partial charge in [-0.05, 0) is 31.0 Å². The first kappa shape index (κ1) is 16.5. The standard InChI is InChI=1S/C14H19F3N2O/c1-3-4-10(8-18)13(20)19-11-6-5-9(2)12(7-11)14(15,16)17/h5-7,10H,3-4,8,18H2,1-2H3,(H,19,20). The van der Waals surface area contributed by atoms with E-state index in [9.17, 15) is 18.0 Å².